The summed E-state index contributed by atoms with van der Waals surface area (Å²) >= 11 is 0. The number of ether oxygens (including phenoxy) is 1. The molecular weight excluding hydrogens is 574 g/mol. The maximum Gasteiger partial charge on any atom is 0.152 e. The Bertz CT molecular complexity index is 2200. The lowest BCUT2D eigenvalue weighted by Crippen LogP contribution is -2.43. The SMILES string of the molecule is CC1C=CC(c2ccc(-c3cc4c(cn3)OC3=C(C=CNC3)C3=C4C4C=CC=CC4(C)C3(C)c3ccccn3)c3ccccc23)=CC1. The Balaban J connectivity index is 1.29. The van der Waals surface area contributed by atoms with Gasteiger partial charge in [-0.1, -0.05) is 98.8 Å². The van der Waals surface area contributed by atoms with Gasteiger partial charge in [0, 0.05) is 39.6 Å². The number of hydrogen-bond acceptors (Lipinski definition) is 4. The molecule has 0 saturated carbocycles. The fourth-order valence-corrected chi connectivity index (χ4v) is 8.59. The maximum atomic E-state index is 6.81. The Kier molecular flexibility index (Phi) is 6.20. The van der Waals surface area contributed by atoms with Crippen molar-refractivity contribution in [2.45, 2.75) is 32.6 Å². The van der Waals surface area contributed by atoms with Crippen LogP contribution >= 0.6 is 0 Å². The average Bonchev–Trinajstić information content (AvgIpc) is 3.22. The van der Waals surface area contributed by atoms with Crippen LogP contribution in [0.15, 0.2) is 145 Å². The molecule has 47 heavy (non-hydrogen) atoms. The molecule has 0 fully saturated rings. The van der Waals surface area contributed by atoms with Crippen molar-refractivity contribution in [1.82, 2.24) is 15.3 Å². The molecule has 0 radical (unpaired) electrons. The third-order valence-corrected chi connectivity index (χ3v) is 11.3. The smallest absolute Gasteiger partial charge is 0.152 e. The molecule has 2 aliphatic heterocycles. The number of dihydropyridines is 1. The summed E-state index contributed by atoms with van der Waals surface area (Å²) in [7, 11) is 0. The van der Waals surface area contributed by atoms with E-state index in [9.17, 15) is 0 Å². The maximum absolute atomic E-state index is 6.81. The molecule has 0 bridgehead atoms. The van der Waals surface area contributed by atoms with Crippen LogP contribution < -0.4 is 10.1 Å². The first-order valence-electron chi connectivity index (χ1n) is 16.7. The molecule has 3 aliphatic carbocycles. The van der Waals surface area contributed by atoms with Crippen molar-refractivity contribution in [3.63, 3.8) is 0 Å². The molecule has 0 saturated heterocycles. The Hall–Kier alpha value is -5.22. The van der Waals surface area contributed by atoms with Crippen LogP contribution in [0.25, 0.3) is 33.2 Å². The Labute approximate surface area is 276 Å². The third kappa shape index (κ3) is 4.00. The fraction of sp³-hybridized carbons (Fsp3) is 0.209. The predicted molar refractivity (Wildman–Crippen MR) is 191 cm³/mol. The molecular formula is C43H37N3O. The predicted octanol–water partition coefficient (Wildman–Crippen LogP) is 9.51. The first-order valence-corrected chi connectivity index (χ1v) is 16.7. The van der Waals surface area contributed by atoms with Crippen LogP contribution in [0.4, 0.5) is 0 Å². The highest BCUT2D eigenvalue weighted by atomic mass is 16.5. The molecule has 4 nitrogen and oxygen atoms in total. The van der Waals surface area contributed by atoms with Crippen molar-refractivity contribution in [2.24, 2.45) is 17.3 Å². The zero-order chi connectivity index (χ0) is 31.8. The number of aromatic nitrogens is 2. The topological polar surface area (TPSA) is 47.0 Å². The van der Waals surface area contributed by atoms with Gasteiger partial charge < -0.3 is 10.1 Å². The molecule has 1 N–H and O–H groups in total. The number of hydrogen-bond donors (Lipinski definition) is 1. The summed E-state index contributed by atoms with van der Waals surface area (Å²) in [6.45, 7) is 7.66. The second kappa shape index (κ2) is 10.4. The summed E-state index contributed by atoms with van der Waals surface area (Å²) in [5.74, 6) is 2.41. The normalized spacial score (nSPS) is 27.0. The van der Waals surface area contributed by atoms with Gasteiger partial charge in [-0.2, -0.15) is 0 Å². The van der Waals surface area contributed by atoms with Crippen LogP contribution in [0, 0.1) is 17.3 Å². The highest BCUT2D eigenvalue weighted by Gasteiger charge is 2.60. The first kappa shape index (κ1) is 28.0. The van der Waals surface area contributed by atoms with Crippen molar-refractivity contribution in [3.8, 4) is 17.0 Å². The number of pyridine rings is 2. The minimum Gasteiger partial charge on any atom is -0.457 e. The van der Waals surface area contributed by atoms with Gasteiger partial charge in [-0.3, -0.25) is 9.97 Å². The zero-order valence-corrected chi connectivity index (χ0v) is 27.0. The first-order chi connectivity index (χ1) is 23.0. The van der Waals surface area contributed by atoms with E-state index in [0.29, 0.717) is 12.5 Å². The zero-order valence-electron chi connectivity index (χ0n) is 27.0. The Morgan fingerprint density at radius 1 is 0.872 bits per heavy atom. The molecule has 4 heteroatoms. The van der Waals surface area contributed by atoms with E-state index < -0.39 is 5.41 Å². The molecule has 2 aromatic carbocycles. The Morgan fingerprint density at radius 3 is 2.51 bits per heavy atom. The highest BCUT2D eigenvalue weighted by Crippen LogP contribution is 2.67. The Morgan fingerprint density at radius 2 is 1.70 bits per heavy atom. The van der Waals surface area contributed by atoms with Crippen LogP contribution in [0.1, 0.15) is 44.0 Å². The molecule has 4 aromatic rings. The van der Waals surface area contributed by atoms with E-state index in [0.717, 1.165) is 46.0 Å². The minimum absolute atomic E-state index is 0.119. The van der Waals surface area contributed by atoms with E-state index in [1.54, 1.807) is 0 Å². The number of fused-ring (bicyclic) bond motifs is 6. The van der Waals surface area contributed by atoms with Crippen LogP contribution in [-0.2, 0) is 5.41 Å². The van der Waals surface area contributed by atoms with Gasteiger partial charge in [-0.15, -0.1) is 0 Å². The summed E-state index contributed by atoms with van der Waals surface area (Å²) < 4.78 is 6.81. The number of nitrogens with one attached hydrogen (secondary N) is 1. The number of allylic oxidation sites excluding steroid dienone is 12. The van der Waals surface area contributed by atoms with Gasteiger partial charge in [-0.05, 0) is 82.8 Å². The number of benzene rings is 2. The molecule has 0 amide bonds. The van der Waals surface area contributed by atoms with E-state index >= 15 is 0 Å². The monoisotopic (exact) mass is 611 g/mol. The van der Waals surface area contributed by atoms with E-state index in [-0.39, 0.29) is 11.3 Å². The molecule has 5 aliphatic rings. The van der Waals surface area contributed by atoms with Crippen LogP contribution in [0.3, 0.4) is 0 Å². The van der Waals surface area contributed by atoms with Gasteiger partial charge in [0.25, 0.3) is 0 Å². The molecule has 4 heterocycles. The minimum atomic E-state index is -0.417. The van der Waals surface area contributed by atoms with Gasteiger partial charge in [0.1, 0.15) is 5.76 Å². The summed E-state index contributed by atoms with van der Waals surface area (Å²) in [4.78, 5) is 10.1. The summed E-state index contributed by atoms with van der Waals surface area (Å²) in [6, 6.07) is 21.8. The van der Waals surface area contributed by atoms with Crippen LogP contribution in [0.5, 0.6) is 5.75 Å². The quantitative estimate of drug-likeness (QED) is 0.251. The lowest BCUT2D eigenvalue weighted by molar-refractivity contribution is 0.239. The largest absolute Gasteiger partial charge is 0.457 e. The molecule has 0 spiro atoms. The molecule has 230 valence electrons. The molecule has 9 rings (SSSR count). The fourth-order valence-electron chi connectivity index (χ4n) is 8.59. The molecule has 4 atom stereocenters. The number of rotatable bonds is 3. The van der Waals surface area contributed by atoms with Crippen LogP contribution in [0.2, 0.25) is 0 Å². The summed E-state index contributed by atoms with van der Waals surface area (Å²) in [5.41, 5.74) is 9.85. The third-order valence-electron chi connectivity index (χ3n) is 11.3. The lowest BCUT2D eigenvalue weighted by Gasteiger charge is -2.45. The average molecular weight is 612 g/mol. The van der Waals surface area contributed by atoms with E-state index in [4.69, 9.17) is 14.7 Å². The standard InChI is InChI=1S/C43H37N3O/c1-27-14-16-28(17-15-27)29-18-19-32(31-11-5-4-10-30(29)31)36-24-34-38(26-46-36)47-37-25-44-23-20-33(37)41-40(34)35-12-6-8-21-42(35,2)43(41,3)39-13-7-9-22-45-39/h4-14,16-24,26-27,35,44H,15,25H2,1-3H3. The summed E-state index contributed by atoms with van der Waals surface area (Å²) in [5, 5.41) is 5.84. The van der Waals surface area contributed by atoms with Crippen molar-refractivity contribution < 1.29 is 4.74 Å². The van der Waals surface area contributed by atoms with Crippen molar-refractivity contribution in [3.05, 3.63) is 162 Å². The van der Waals surface area contributed by atoms with E-state index in [1.165, 1.54) is 33.1 Å². The van der Waals surface area contributed by atoms with Gasteiger partial charge in [0.2, 0.25) is 0 Å². The van der Waals surface area contributed by atoms with Crippen molar-refractivity contribution in [1.29, 1.82) is 0 Å². The summed E-state index contributed by atoms with van der Waals surface area (Å²) in [6.07, 6.45) is 25.3. The van der Waals surface area contributed by atoms with Gasteiger partial charge in [0.15, 0.2) is 5.75 Å². The van der Waals surface area contributed by atoms with Crippen molar-refractivity contribution in [2.75, 3.05) is 6.54 Å². The lowest BCUT2D eigenvalue weighted by atomic mass is 9.58. The second-order valence-electron chi connectivity index (χ2n) is 13.8. The van der Waals surface area contributed by atoms with Gasteiger partial charge in [-0.25, -0.2) is 0 Å². The van der Waals surface area contributed by atoms with Gasteiger partial charge >= 0.3 is 0 Å². The van der Waals surface area contributed by atoms with Crippen molar-refractivity contribution >= 4 is 21.9 Å². The van der Waals surface area contributed by atoms with E-state index in [2.05, 4.69) is 129 Å². The molecule has 4 unspecified atom stereocenters. The highest BCUT2D eigenvalue weighted by molar-refractivity contribution is 6.04. The molecule has 2 aromatic heterocycles. The van der Waals surface area contributed by atoms with Gasteiger partial charge in [0.05, 0.1) is 24.1 Å². The van der Waals surface area contributed by atoms with Crippen LogP contribution in [-0.4, -0.2) is 16.5 Å². The number of nitrogens with zero attached hydrogens (tertiary/aromatic N) is 2. The second-order valence-corrected chi connectivity index (χ2v) is 13.8. The van der Waals surface area contributed by atoms with E-state index in [1.807, 2.05) is 24.7 Å².